The molecule has 88 valence electrons. The smallest absolute Gasteiger partial charge is 0.153 e. The Morgan fingerprint density at radius 1 is 1.18 bits per heavy atom. The SMILES string of the molecule is Cc1cnc(Nc2cc(C)ccc2Br)c(N)c1. The first-order valence-corrected chi connectivity index (χ1v) is 6.11. The monoisotopic (exact) mass is 291 g/mol. The van der Waals surface area contributed by atoms with Crippen molar-refractivity contribution in [3.63, 3.8) is 0 Å². The molecule has 17 heavy (non-hydrogen) atoms. The van der Waals surface area contributed by atoms with Crippen LogP contribution in [-0.2, 0) is 0 Å². The van der Waals surface area contributed by atoms with Crippen molar-refractivity contribution < 1.29 is 0 Å². The number of halogens is 1. The van der Waals surface area contributed by atoms with Crippen LogP contribution in [0.5, 0.6) is 0 Å². The fourth-order valence-electron chi connectivity index (χ4n) is 1.56. The van der Waals surface area contributed by atoms with Gasteiger partial charge in [0, 0.05) is 10.7 Å². The molecule has 0 aliphatic carbocycles. The van der Waals surface area contributed by atoms with Crippen molar-refractivity contribution in [2.75, 3.05) is 11.1 Å². The maximum atomic E-state index is 5.92. The third-order valence-electron chi connectivity index (χ3n) is 2.43. The van der Waals surface area contributed by atoms with Gasteiger partial charge in [-0.25, -0.2) is 4.98 Å². The lowest BCUT2D eigenvalue weighted by molar-refractivity contribution is 1.26. The van der Waals surface area contributed by atoms with Gasteiger partial charge in [0.15, 0.2) is 5.82 Å². The van der Waals surface area contributed by atoms with Crippen molar-refractivity contribution >= 4 is 33.1 Å². The van der Waals surface area contributed by atoms with Crippen LogP contribution >= 0.6 is 15.9 Å². The number of aromatic nitrogens is 1. The number of nitrogens with one attached hydrogen (secondary N) is 1. The molecule has 0 saturated heterocycles. The molecule has 1 heterocycles. The molecule has 3 N–H and O–H groups in total. The van der Waals surface area contributed by atoms with Gasteiger partial charge in [-0.15, -0.1) is 0 Å². The highest BCUT2D eigenvalue weighted by Crippen LogP contribution is 2.28. The molecule has 1 aromatic carbocycles. The van der Waals surface area contributed by atoms with Gasteiger partial charge in [-0.05, 0) is 59.1 Å². The number of anilines is 3. The second-order valence-electron chi connectivity index (χ2n) is 4.06. The predicted octanol–water partition coefficient (Wildman–Crippen LogP) is 3.79. The maximum Gasteiger partial charge on any atom is 0.153 e. The molecule has 0 unspecified atom stereocenters. The fourth-order valence-corrected chi connectivity index (χ4v) is 1.90. The zero-order chi connectivity index (χ0) is 12.4. The second-order valence-corrected chi connectivity index (χ2v) is 4.91. The molecular formula is C13H14BrN3. The highest BCUT2D eigenvalue weighted by atomic mass is 79.9. The van der Waals surface area contributed by atoms with Gasteiger partial charge in [-0.3, -0.25) is 0 Å². The lowest BCUT2D eigenvalue weighted by Gasteiger charge is -2.11. The Morgan fingerprint density at radius 2 is 1.94 bits per heavy atom. The first-order chi connectivity index (χ1) is 8.06. The number of hydrogen-bond acceptors (Lipinski definition) is 3. The van der Waals surface area contributed by atoms with Gasteiger partial charge >= 0.3 is 0 Å². The van der Waals surface area contributed by atoms with E-state index in [0.29, 0.717) is 11.5 Å². The minimum atomic E-state index is 0.651. The van der Waals surface area contributed by atoms with E-state index in [0.717, 1.165) is 15.7 Å². The van der Waals surface area contributed by atoms with E-state index >= 15 is 0 Å². The summed E-state index contributed by atoms with van der Waals surface area (Å²) in [5, 5.41) is 3.23. The van der Waals surface area contributed by atoms with Crippen molar-refractivity contribution in [3.05, 3.63) is 46.1 Å². The van der Waals surface area contributed by atoms with E-state index < -0.39 is 0 Å². The van der Waals surface area contributed by atoms with Gasteiger partial charge in [0.05, 0.1) is 11.4 Å². The van der Waals surface area contributed by atoms with Crippen LogP contribution < -0.4 is 11.1 Å². The molecule has 0 bridgehead atoms. The van der Waals surface area contributed by atoms with E-state index in [9.17, 15) is 0 Å². The van der Waals surface area contributed by atoms with Crippen molar-refractivity contribution in [2.45, 2.75) is 13.8 Å². The van der Waals surface area contributed by atoms with Gasteiger partial charge in [-0.2, -0.15) is 0 Å². The quantitative estimate of drug-likeness (QED) is 0.885. The number of nitrogens with two attached hydrogens (primary N) is 1. The normalized spacial score (nSPS) is 10.3. The highest BCUT2D eigenvalue weighted by molar-refractivity contribution is 9.10. The standard InChI is InChI=1S/C13H14BrN3/c1-8-3-4-10(14)12(6-8)17-13-11(15)5-9(2)7-16-13/h3-7H,15H2,1-2H3,(H,16,17). The molecule has 4 heteroatoms. The predicted molar refractivity (Wildman–Crippen MR) is 75.5 cm³/mol. The number of benzene rings is 1. The molecule has 0 spiro atoms. The molecule has 3 nitrogen and oxygen atoms in total. The summed E-state index contributed by atoms with van der Waals surface area (Å²) in [6, 6.07) is 7.99. The van der Waals surface area contributed by atoms with E-state index in [4.69, 9.17) is 5.73 Å². The Morgan fingerprint density at radius 3 is 2.65 bits per heavy atom. The van der Waals surface area contributed by atoms with Gasteiger partial charge in [0.1, 0.15) is 0 Å². The minimum absolute atomic E-state index is 0.651. The van der Waals surface area contributed by atoms with Gasteiger partial charge in [0.25, 0.3) is 0 Å². The van der Waals surface area contributed by atoms with Crippen LogP contribution in [0.3, 0.4) is 0 Å². The van der Waals surface area contributed by atoms with Gasteiger partial charge < -0.3 is 11.1 Å². The Kier molecular flexibility index (Phi) is 3.33. The molecule has 0 atom stereocenters. The first kappa shape index (κ1) is 11.9. The van der Waals surface area contributed by atoms with E-state index in [1.165, 1.54) is 5.56 Å². The van der Waals surface area contributed by atoms with Crippen molar-refractivity contribution in [1.82, 2.24) is 4.98 Å². The van der Waals surface area contributed by atoms with Crippen LogP contribution in [0, 0.1) is 13.8 Å². The molecule has 2 aromatic rings. The number of aryl methyl sites for hydroxylation is 2. The van der Waals surface area contributed by atoms with Crippen molar-refractivity contribution in [2.24, 2.45) is 0 Å². The molecular weight excluding hydrogens is 278 g/mol. The van der Waals surface area contributed by atoms with Crippen LogP contribution in [0.4, 0.5) is 17.2 Å². The van der Waals surface area contributed by atoms with Crippen LogP contribution in [0.25, 0.3) is 0 Å². The number of hydrogen-bond donors (Lipinski definition) is 2. The van der Waals surface area contributed by atoms with Crippen molar-refractivity contribution in [1.29, 1.82) is 0 Å². The molecule has 1 aromatic heterocycles. The lowest BCUT2D eigenvalue weighted by atomic mass is 10.2. The molecule has 0 aliphatic rings. The number of rotatable bonds is 2. The van der Waals surface area contributed by atoms with E-state index in [2.05, 4.69) is 26.2 Å². The first-order valence-electron chi connectivity index (χ1n) is 5.31. The Bertz CT molecular complexity index is 552. The Balaban J connectivity index is 2.34. The third kappa shape index (κ3) is 2.77. The van der Waals surface area contributed by atoms with Crippen LogP contribution in [0.1, 0.15) is 11.1 Å². The van der Waals surface area contributed by atoms with E-state index in [1.807, 2.05) is 38.1 Å². The van der Waals surface area contributed by atoms with E-state index in [-0.39, 0.29) is 0 Å². The minimum Gasteiger partial charge on any atom is -0.396 e. The summed E-state index contributed by atoms with van der Waals surface area (Å²) in [5.74, 6) is 0.682. The summed E-state index contributed by atoms with van der Waals surface area (Å²) in [5.41, 5.74) is 9.77. The van der Waals surface area contributed by atoms with E-state index in [1.54, 1.807) is 6.20 Å². The summed E-state index contributed by atoms with van der Waals surface area (Å²) in [6.45, 7) is 4.01. The zero-order valence-corrected chi connectivity index (χ0v) is 11.4. The summed E-state index contributed by atoms with van der Waals surface area (Å²) in [6.07, 6.45) is 1.79. The maximum absolute atomic E-state index is 5.92. The molecule has 0 amide bonds. The van der Waals surface area contributed by atoms with Gasteiger partial charge in [0.2, 0.25) is 0 Å². The molecule has 0 radical (unpaired) electrons. The zero-order valence-electron chi connectivity index (χ0n) is 9.79. The summed E-state index contributed by atoms with van der Waals surface area (Å²) >= 11 is 3.50. The topological polar surface area (TPSA) is 50.9 Å². The second kappa shape index (κ2) is 4.75. The average molecular weight is 292 g/mol. The largest absolute Gasteiger partial charge is 0.396 e. The highest BCUT2D eigenvalue weighted by Gasteiger charge is 2.04. The number of pyridine rings is 1. The summed E-state index contributed by atoms with van der Waals surface area (Å²) in [4.78, 5) is 4.29. The molecule has 0 saturated carbocycles. The van der Waals surface area contributed by atoms with Crippen LogP contribution in [0.2, 0.25) is 0 Å². The Hall–Kier alpha value is -1.55. The third-order valence-corrected chi connectivity index (χ3v) is 3.12. The van der Waals surface area contributed by atoms with Gasteiger partial charge in [-0.1, -0.05) is 6.07 Å². The summed E-state index contributed by atoms with van der Waals surface area (Å²) in [7, 11) is 0. The summed E-state index contributed by atoms with van der Waals surface area (Å²) < 4.78 is 0.991. The van der Waals surface area contributed by atoms with Crippen LogP contribution in [-0.4, -0.2) is 4.98 Å². The fraction of sp³-hybridized carbons (Fsp3) is 0.154. The van der Waals surface area contributed by atoms with Crippen LogP contribution in [0.15, 0.2) is 34.9 Å². The van der Waals surface area contributed by atoms with Crippen molar-refractivity contribution in [3.8, 4) is 0 Å². The molecule has 0 aliphatic heterocycles. The number of nitrogens with zero attached hydrogens (tertiary/aromatic N) is 1. The average Bonchev–Trinajstić information content (AvgIpc) is 2.27. The Labute approximate surface area is 109 Å². The number of nitrogen functional groups attached to an aromatic ring is 1. The molecule has 0 fully saturated rings. The molecule has 2 rings (SSSR count). The lowest BCUT2D eigenvalue weighted by Crippen LogP contribution is -2.00.